The fraction of sp³-hybridized carbons (Fsp3) is 0.571. The van der Waals surface area contributed by atoms with Crippen LogP contribution in [0.5, 0.6) is 0 Å². The van der Waals surface area contributed by atoms with Gasteiger partial charge in [0.05, 0.1) is 30.8 Å². The molecule has 0 bridgehead atoms. The van der Waals surface area contributed by atoms with E-state index in [-0.39, 0.29) is 38.0 Å². The molecule has 2 saturated heterocycles. The average Bonchev–Trinajstić information content (AvgIpc) is 3.24. The lowest BCUT2D eigenvalue weighted by molar-refractivity contribution is -0.393. The van der Waals surface area contributed by atoms with Crippen molar-refractivity contribution in [3.05, 3.63) is 75.8 Å². The van der Waals surface area contributed by atoms with E-state index in [1.54, 1.807) is 0 Å². The molecule has 2 heterocycles. The fourth-order valence-electron chi connectivity index (χ4n) is 6.56. The molecule has 0 saturated carbocycles. The third-order valence-electron chi connectivity index (χ3n) is 8.90. The molecule has 2 fully saturated rings. The highest BCUT2D eigenvalue weighted by molar-refractivity contribution is 5.77. The van der Waals surface area contributed by atoms with Gasteiger partial charge in [0.25, 0.3) is 22.7 Å². The summed E-state index contributed by atoms with van der Waals surface area (Å²) in [6.07, 6.45) is -5.25. The Morgan fingerprint density at radius 3 is 1.19 bits per heavy atom. The van der Waals surface area contributed by atoms with E-state index in [0.717, 1.165) is 19.3 Å². The minimum atomic E-state index is -5.02. The van der Waals surface area contributed by atoms with Crippen LogP contribution in [0.4, 0.5) is 60.5 Å². The van der Waals surface area contributed by atoms with Crippen molar-refractivity contribution in [2.45, 2.75) is 63.7 Å². The van der Waals surface area contributed by atoms with Crippen LogP contribution in [-0.2, 0) is 12.4 Å². The molecule has 4 rings (SSSR count). The zero-order chi connectivity index (χ0) is 35.6. The Kier molecular flexibility index (Phi) is 10.6. The number of halogens is 6. The maximum absolute atomic E-state index is 13.3. The summed E-state index contributed by atoms with van der Waals surface area (Å²) in [5.74, 6) is 0.258. The smallest absolute Gasteiger partial charge is 0.360 e. The first-order valence-corrected chi connectivity index (χ1v) is 15.0. The number of alkyl halides is 6. The van der Waals surface area contributed by atoms with Gasteiger partial charge in [0.15, 0.2) is 11.4 Å². The van der Waals surface area contributed by atoms with Gasteiger partial charge >= 0.3 is 12.4 Å². The van der Waals surface area contributed by atoms with Gasteiger partial charge in [-0.2, -0.15) is 26.3 Å². The molecule has 20 heteroatoms. The number of hydrogen-bond acceptors (Lipinski definition) is 10. The molecular formula is C28H30F6N6O8. The van der Waals surface area contributed by atoms with Gasteiger partial charge < -0.3 is 9.80 Å². The number of benzene rings is 2. The number of nitrogens with zero attached hydrogens (tertiary/aromatic N) is 6. The Bertz CT molecular complexity index is 1510. The summed E-state index contributed by atoms with van der Waals surface area (Å²) < 4.78 is 79.7. The molecule has 1 unspecified atom stereocenters. The fourth-order valence-corrected chi connectivity index (χ4v) is 6.56. The lowest BCUT2D eigenvalue weighted by Gasteiger charge is -2.33. The van der Waals surface area contributed by atoms with Gasteiger partial charge in [-0.25, -0.2) is 0 Å². The first-order chi connectivity index (χ1) is 22.4. The maximum atomic E-state index is 13.3. The molecule has 2 aliphatic heterocycles. The Hall–Kier alpha value is -4.78. The van der Waals surface area contributed by atoms with Crippen molar-refractivity contribution in [1.82, 2.24) is 0 Å². The Balaban J connectivity index is 1.37. The summed E-state index contributed by atoms with van der Waals surface area (Å²) in [5.41, 5.74) is -7.88. The van der Waals surface area contributed by atoms with Crippen LogP contribution >= 0.6 is 0 Å². The minimum absolute atomic E-state index is 0.125. The SMILES string of the molecule is O=[N+]([O-])c1cc(C(F)(F)F)cc([N+](=O)[O-])c1N1CCCC(CCCC2CCN(c3c([N+](=O)[O-])cc(C(F)(F)F)cc3[N+](=O)[O-])CC2)CC1. The van der Waals surface area contributed by atoms with Crippen LogP contribution in [0.15, 0.2) is 24.3 Å². The second-order valence-corrected chi connectivity index (χ2v) is 11.9. The summed E-state index contributed by atoms with van der Waals surface area (Å²) in [4.78, 5) is 45.2. The van der Waals surface area contributed by atoms with Crippen molar-refractivity contribution in [2.24, 2.45) is 11.8 Å². The molecule has 0 aliphatic carbocycles. The Morgan fingerprint density at radius 2 is 0.875 bits per heavy atom. The summed E-state index contributed by atoms with van der Waals surface area (Å²) in [5, 5.41) is 46.6. The van der Waals surface area contributed by atoms with Crippen molar-refractivity contribution in [3.63, 3.8) is 0 Å². The summed E-state index contributed by atoms with van der Waals surface area (Å²) in [6, 6.07) is 1.22. The summed E-state index contributed by atoms with van der Waals surface area (Å²) >= 11 is 0. The Morgan fingerprint density at radius 1 is 0.562 bits per heavy atom. The van der Waals surface area contributed by atoms with E-state index in [4.69, 9.17) is 0 Å². The van der Waals surface area contributed by atoms with E-state index < -0.39 is 77.3 Å². The molecule has 14 nitrogen and oxygen atoms in total. The highest BCUT2D eigenvalue weighted by atomic mass is 19.4. The molecule has 48 heavy (non-hydrogen) atoms. The second kappa shape index (κ2) is 14.1. The molecule has 0 aromatic heterocycles. The quantitative estimate of drug-likeness (QED) is 0.134. The molecule has 2 aromatic rings. The van der Waals surface area contributed by atoms with E-state index >= 15 is 0 Å². The molecule has 2 aliphatic rings. The normalized spacial score (nSPS) is 18.0. The van der Waals surface area contributed by atoms with Gasteiger partial charge in [-0.1, -0.05) is 19.3 Å². The zero-order valence-corrected chi connectivity index (χ0v) is 25.2. The van der Waals surface area contributed by atoms with Crippen LogP contribution < -0.4 is 9.80 Å². The Labute approximate surface area is 267 Å². The monoisotopic (exact) mass is 692 g/mol. The molecule has 0 spiro atoms. The number of anilines is 2. The first-order valence-electron chi connectivity index (χ1n) is 15.0. The molecule has 262 valence electrons. The first kappa shape index (κ1) is 36.1. The van der Waals surface area contributed by atoms with E-state index in [1.807, 2.05) is 0 Å². The van der Waals surface area contributed by atoms with Crippen LogP contribution in [0.1, 0.15) is 62.5 Å². The van der Waals surface area contributed by atoms with Crippen molar-refractivity contribution in [1.29, 1.82) is 0 Å². The van der Waals surface area contributed by atoms with Crippen molar-refractivity contribution in [3.8, 4) is 0 Å². The van der Waals surface area contributed by atoms with E-state index in [1.165, 1.54) is 9.80 Å². The van der Waals surface area contributed by atoms with Gasteiger partial charge in [-0.3, -0.25) is 40.5 Å². The number of hydrogen-bond donors (Lipinski definition) is 0. The van der Waals surface area contributed by atoms with E-state index in [9.17, 15) is 66.8 Å². The van der Waals surface area contributed by atoms with Gasteiger partial charge in [-0.05, 0) is 43.9 Å². The van der Waals surface area contributed by atoms with Gasteiger partial charge in [0.2, 0.25) is 0 Å². The zero-order valence-electron chi connectivity index (χ0n) is 25.2. The number of piperidine rings is 1. The summed E-state index contributed by atoms with van der Waals surface area (Å²) in [6.45, 7) is 0.632. The van der Waals surface area contributed by atoms with Gasteiger partial charge in [0, 0.05) is 50.4 Å². The maximum Gasteiger partial charge on any atom is 0.416 e. The number of nitro groups is 4. The molecule has 1 atom stereocenters. The highest BCUT2D eigenvalue weighted by Gasteiger charge is 2.41. The molecule has 0 N–H and O–H groups in total. The summed E-state index contributed by atoms with van der Waals surface area (Å²) in [7, 11) is 0. The topological polar surface area (TPSA) is 179 Å². The van der Waals surface area contributed by atoms with Crippen LogP contribution in [0.25, 0.3) is 0 Å². The predicted octanol–water partition coefficient (Wildman–Crippen LogP) is 8.05. The third kappa shape index (κ3) is 8.19. The van der Waals surface area contributed by atoms with Crippen molar-refractivity contribution < 1.29 is 46.0 Å². The highest BCUT2D eigenvalue weighted by Crippen LogP contribution is 2.46. The van der Waals surface area contributed by atoms with Crippen LogP contribution in [0, 0.1) is 52.3 Å². The van der Waals surface area contributed by atoms with Crippen molar-refractivity contribution >= 4 is 34.1 Å². The predicted molar refractivity (Wildman–Crippen MR) is 158 cm³/mol. The largest absolute Gasteiger partial charge is 0.416 e. The van der Waals surface area contributed by atoms with E-state index in [2.05, 4.69) is 0 Å². The molecule has 0 amide bonds. The molecule has 2 aromatic carbocycles. The third-order valence-corrected chi connectivity index (χ3v) is 8.90. The van der Waals surface area contributed by atoms with Crippen LogP contribution in [-0.4, -0.2) is 45.9 Å². The lowest BCUT2D eigenvalue weighted by Crippen LogP contribution is -2.34. The molecular weight excluding hydrogens is 662 g/mol. The van der Waals surface area contributed by atoms with Crippen LogP contribution in [0.3, 0.4) is 0 Å². The van der Waals surface area contributed by atoms with Gasteiger partial charge in [-0.15, -0.1) is 0 Å². The minimum Gasteiger partial charge on any atom is -0.360 e. The lowest BCUT2D eigenvalue weighted by atomic mass is 9.87. The molecule has 0 radical (unpaired) electrons. The number of nitro benzene ring substituents is 4. The van der Waals surface area contributed by atoms with Crippen LogP contribution in [0.2, 0.25) is 0 Å². The standard InChI is InChI=1S/C28H30F6N6O8/c29-27(30,31)19-13-21(37(41)42)25(22(14-19)38(43)44)35-9-2-5-17(6-10-35)3-1-4-18-7-11-36(12-8-18)26-23(39(45)46)15-20(28(32,33)34)16-24(26)40(47)48/h13-18H,1-12H2. The van der Waals surface area contributed by atoms with Crippen molar-refractivity contribution in [2.75, 3.05) is 36.0 Å². The van der Waals surface area contributed by atoms with Gasteiger partial charge in [0.1, 0.15) is 0 Å². The number of rotatable bonds is 10. The second-order valence-electron chi connectivity index (χ2n) is 11.9. The van der Waals surface area contributed by atoms with E-state index in [0.29, 0.717) is 56.4 Å². The average molecular weight is 693 g/mol.